The summed E-state index contributed by atoms with van der Waals surface area (Å²) in [7, 11) is 3.98. The normalized spacial score (nSPS) is 12.7. The van der Waals surface area contributed by atoms with Crippen LogP contribution in [-0.4, -0.2) is 49.8 Å². The molecule has 0 aliphatic heterocycles. The first kappa shape index (κ1) is 49.2. The first-order valence-electron chi connectivity index (χ1n) is 22.3. The van der Waals surface area contributed by atoms with Crippen molar-refractivity contribution in [2.45, 2.75) is 181 Å². The summed E-state index contributed by atoms with van der Waals surface area (Å²) in [6, 6.07) is 6.00. The Morgan fingerprint density at radius 2 is 1.06 bits per heavy atom. The van der Waals surface area contributed by atoms with Crippen LogP contribution in [0.15, 0.2) is 66.8 Å². The van der Waals surface area contributed by atoms with Crippen LogP contribution in [0, 0.1) is 5.92 Å². The second kappa shape index (κ2) is 37.1. The number of carboxylic acids is 1. The van der Waals surface area contributed by atoms with Crippen LogP contribution < -0.4 is 9.47 Å². The molecule has 0 aliphatic rings. The second-order valence-corrected chi connectivity index (χ2v) is 15.5. The van der Waals surface area contributed by atoms with Gasteiger partial charge in [-0.1, -0.05) is 140 Å². The summed E-state index contributed by atoms with van der Waals surface area (Å²) >= 11 is 0. The van der Waals surface area contributed by atoms with Crippen molar-refractivity contribution in [1.29, 1.82) is 0 Å². The van der Waals surface area contributed by atoms with E-state index in [0.29, 0.717) is 26.1 Å². The van der Waals surface area contributed by atoms with Gasteiger partial charge in [-0.25, -0.2) is 0 Å². The van der Waals surface area contributed by atoms with Crippen molar-refractivity contribution in [3.63, 3.8) is 0 Å². The number of nitrogens with zero attached hydrogens (tertiary/aromatic N) is 1. The highest BCUT2D eigenvalue weighted by atomic mass is 16.5. The van der Waals surface area contributed by atoms with Gasteiger partial charge in [0.1, 0.15) is 11.5 Å². The van der Waals surface area contributed by atoms with E-state index in [4.69, 9.17) is 9.47 Å². The molecule has 0 heterocycles. The number of hydrogen-bond donors (Lipinski definition) is 1. The summed E-state index contributed by atoms with van der Waals surface area (Å²) in [5, 5.41) is 10.0. The summed E-state index contributed by atoms with van der Waals surface area (Å²) in [6.07, 6.45) is 48.9. The average molecular weight is 750 g/mol. The molecule has 54 heavy (non-hydrogen) atoms. The Bertz CT molecular complexity index is 1120. The van der Waals surface area contributed by atoms with Gasteiger partial charge in [0.15, 0.2) is 0 Å². The number of ether oxygens (including phenoxy) is 2. The fourth-order valence-corrected chi connectivity index (χ4v) is 6.49. The standard InChI is InChI=1S/C49H83NO4/c1-5-7-9-11-13-15-17-19-21-23-25-27-29-31-33-35-41-53-47-37-38-48(46(44-47)43-45(49(51)52)39-40-50(3)4)54-42-36-34-32-30-28-26-24-22-20-18-16-14-12-10-8-6-2/h13-16,19-22,37-38,44-45H,5-12,17-18,23-36,39-43H2,1-4H3,(H,51,52)/b15-13-,16-14-,21-19-,22-20-. The van der Waals surface area contributed by atoms with Gasteiger partial charge in [0, 0.05) is 0 Å². The molecule has 1 N–H and O–H groups in total. The number of carboxylic acid groups (broad SMARTS) is 1. The second-order valence-electron chi connectivity index (χ2n) is 15.5. The Hall–Kier alpha value is -2.79. The van der Waals surface area contributed by atoms with Gasteiger partial charge in [-0.2, -0.15) is 0 Å². The molecule has 0 saturated carbocycles. The van der Waals surface area contributed by atoms with Gasteiger partial charge < -0.3 is 19.5 Å². The zero-order chi connectivity index (χ0) is 39.2. The van der Waals surface area contributed by atoms with Crippen LogP contribution in [0.3, 0.4) is 0 Å². The van der Waals surface area contributed by atoms with Crippen LogP contribution in [0.1, 0.15) is 180 Å². The van der Waals surface area contributed by atoms with E-state index in [-0.39, 0.29) is 0 Å². The minimum absolute atomic E-state index is 0.449. The molecule has 5 nitrogen and oxygen atoms in total. The fourth-order valence-electron chi connectivity index (χ4n) is 6.49. The highest BCUT2D eigenvalue weighted by Crippen LogP contribution is 2.29. The van der Waals surface area contributed by atoms with Gasteiger partial charge in [0.25, 0.3) is 0 Å². The smallest absolute Gasteiger partial charge is 0.306 e. The van der Waals surface area contributed by atoms with Crippen molar-refractivity contribution in [2.24, 2.45) is 5.92 Å². The van der Waals surface area contributed by atoms with E-state index in [2.05, 4.69) is 62.5 Å². The third-order valence-electron chi connectivity index (χ3n) is 9.99. The van der Waals surface area contributed by atoms with Gasteiger partial charge in [0.2, 0.25) is 0 Å². The topological polar surface area (TPSA) is 59.0 Å². The molecule has 1 atom stereocenters. The predicted molar refractivity (Wildman–Crippen MR) is 234 cm³/mol. The molecule has 5 heteroatoms. The number of benzene rings is 1. The van der Waals surface area contributed by atoms with Gasteiger partial charge in [-0.15, -0.1) is 0 Å². The Balaban J connectivity index is 2.37. The molecular formula is C49H83NO4. The van der Waals surface area contributed by atoms with E-state index in [0.717, 1.165) is 55.7 Å². The maximum Gasteiger partial charge on any atom is 0.306 e. The van der Waals surface area contributed by atoms with E-state index >= 15 is 0 Å². The summed E-state index contributed by atoms with van der Waals surface area (Å²) in [5.41, 5.74) is 0.941. The van der Waals surface area contributed by atoms with Crippen molar-refractivity contribution in [1.82, 2.24) is 4.90 Å². The number of aliphatic carboxylic acids is 1. The first-order valence-corrected chi connectivity index (χ1v) is 22.3. The summed E-state index contributed by atoms with van der Waals surface area (Å²) < 4.78 is 12.4. The third kappa shape index (κ3) is 30.5. The van der Waals surface area contributed by atoms with Crippen LogP contribution in [0.25, 0.3) is 0 Å². The van der Waals surface area contributed by atoms with Crippen LogP contribution in [-0.2, 0) is 11.2 Å². The van der Waals surface area contributed by atoms with Crippen molar-refractivity contribution in [2.75, 3.05) is 33.9 Å². The molecule has 0 spiro atoms. The molecule has 1 unspecified atom stereocenters. The Kier molecular flexibility index (Phi) is 33.9. The van der Waals surface area contributed by atoms with Crippen LogP contribution in [0.5, 0.6) is 11.5 Å². The monoisotopic (exact) mass is 750 g/mol. The molecule has 0 bridgehead atoms. The lowest BCUT2D eigenvalue weighted by atomic mass is 9.95. The molecule has 0 saturated heterocycles. The number of hydrogen-bond acceptors (Lipinski definition) is 4. The van der Waals surface area contributed by atoms with Crippen molar-refractivity contribution in [3.05, 3.63) is 72.4 Å². The zero-order valence-corrected chi connectivity index (χ0v) is 35.6. The van der Waals surface area contributed by atoms with Gasteiger partial charge in [-0.05, 0) is 134 Å². The largest absolute Gasteiger partial charge is 0.494 e. The number of carbonyl (C=O) groups is 1. The lowest BCUT2D eigenvalue weighted by Gasteiger charge is -2.19. The summed E-state index contributed by atoms with van der Waals surface area (Å²) in [5.74, 6) is 0.403. The maximum absolute atomic E-state index is 12.2. The van der Waals surface area contributed by atoms with E-state index in [1.807, 2.05) is 37.2 Å². The van der Waals surface area contributed by atoms with Crippen LogP contribution in [0.4, 0.5) is 0 Å². The molecule has 0 radical (unpaired) electrons. The summed E-state index contributed by atoms with van der Waals surface area (Å²) in [6.45, 7) is 6.59. The molecule has 0 amide bonds. The predicted octanol–water partition coefficient (Wildman–Crippen LogP) is 14.3. The van der Waals surface area contributed by atoms with Gasteiger partial charge >= 0.3 is 5.97 Å². The Morgan fingerprint density at radius 1 is 0.611 bits per heavy atom. The lowest BCUT2D eigenvalue weighted by molar-refractivity contribution is -0.142. The summed E-state index contributed by atoms with van der Waals surface area (Å²) in [4.78, 5) is 14.2. The highest BCUT2D eigenvalue weighted by Gasteiger charge is 2.21. The third-order valence-corrected chi connectivity index (χ3v) is 9.99. The molecular weight excluding hydrogens is 667 g/mol. The zero-order valence-electron chi connectivity index (χ0n) is 35.6. The van der Waals surface area contributed by atoms with E-state index < -0.39 is 11.9 Å². The average Bonchev–Trinajstić information content (AvgIpc) is 3.16. The Morgan fingerprint density at radius 3 is 1.52 bits per heavy atom. The van der Waals surface area contributed by atoms with Crippen molar-refractivity contribution < 1.29 is 19.4 Å². The molecule has 1 aromatic rings. The number of allylic oxidation sites excluding steroid dienone is 8. The molecule has 1 aromatic carbocycles. The molecule has 0 aliphatic carbocycles. The minimum atomic E-state index is -0.749. The molecule has 0 fully saturated rings. The molecule has 0 aromatic heterocycles. The van der Waals surface area contributed by atoms with Gasteiger partial charge in [-0.3, -0.25) is 4.79 Å². The highest BCUT2D eigenvalue weighted by molar-refractivity contribution is 5.70. The maximum atomic E-state index is 12.2. The quantitative estimate of drug-likeness (QED) is 0.0539. The SMILES string of the molecule is CCCCC/C=C\C/C=C\CCCCCCCCOc1ccc(OCCCCCCCC/C=C\C/C=C\CCCCC)c(CC(CCN(C)C)C(=O)O)c1. The van der Waals surface area contributed by atoms with Crippen molar-refractivity contribution in [3.8, 4) is 11.5 Å². The van der Waals surface area contributed by atoms with E-state index in [9.17, 15) is 9.90 Å². The van der Waals surface area contributed by atoms with Gasteiger partial charge in [0.05, 0.1) is 19.1 Å². The number of rotatable bonds is 38. The lowest BCUT2D eigenvalue weighted by Crippen LogP contribution is -2.23. The van der Waals surface area contributed by atoms with E-state index in [1.165, 1.54) is 122 Å². The van der Waals surface area contributed by atoms with Crippen LogP contribution in [0.2, 0.25) is 0 Å². The van der Waals surface area contributed by atoms with E-state index in [1.54, 1.807) is 0 Å². The van der Waals surface area contributed by atoms with Crippen molar-refractivity contribution >= 4 is 5.97 Å². The fraction of sp³-hybridized carbons (Fsp3) is 0.694. The molecule has 1 rings (SSSR count). The molecule has 308 valence electrons. The Labute approximate surface area is 333 Å². The first-order chi connectivity index (χ1) is 26.5. The minimum Gasteiger partial charge on any atom is -0.494 e. The van der Waals surface area contributed by atoms with Crippen LogP contribution >= 0.6 is 0 Å². The number of unbranched alkanes of at least 4 members (excludes halogenated alkanes) is 18.